The highest BCUT2D eigenvalue weighted by Crippen LogP contribution is 2.21. The summed E-state index contributed by atoms with van der Waals surface area (Å²) in [6.07, 6.45) is 1.67. The Labute approximate surface area is 116 Å². The van der Waals surface area contributed by atoms with Crippen LogP contribution in [0.1, 0.15) is 24.0 Å². The summed E-state index contributed by atoms with van der Waals surface area (Å²) in [5.74, 6) is -0.414. The van der Waals surface area contributed by atoms with Crippen LogP contribution >= 0.6 is 15.9 Å². The minimum absolute atomic E-state index is 0.183. The number of nitrogens with one attached hydrogen (secondary N) is 1. The van der Waals surface area contributed by atoms with Crippen LogP contribution in [-0.4, -0.2) is 20.3 Å². The molecule has 0 aliphatic rings. The van der Waals surface area contributed by atoms with Gasteiger partial charge in [-0.2, -0.15) is 0 Å². The van der Waals surface area contributed by atoms with E-state index in [1.807, 2.05) is 0 Å². The van der Waals surface area contributed by atoms with Gasteiger partial charge < -0.3 is 0 Å². The van der Waals surface area contributed by atoms with E-state index in [1.54, 1.807) is 13.8 Å². The van der Waals surface area contributed by atoms with Crippen molar-refractivity contribution in [3.05, 3.63) is 29.1 Å². The van der Waals surface area contributed by atoms with Gasteiger partial charge >= 0.3 is 0 Å². The molecule has 0 saturated carbocycles. The monoisotopic (exact) mass is 337 g/mol. The number of rotatable bonds is 6. The summed E-state index contributed by atoms with van der Waals surface area (Å²) in [4.78, 5) is 0.183. The van der Waals surface area contributed by atoms with Crippen LogP contribution in [0.2, 0.25) is 0 Å². The molecule has 0 saturated heterocycles. The third-order valence-electron chi connectivity index (χ3n) is 2.55. The quantitative estimate of drug-likeness (QED) is 0.640. The predicted octanol–water partition coefficient (Wildman–Crippen LogP) is 2.90. The second kappa shape index (κ2) is 6.63. The predicted molar refractivity (Wildman–Crippen MR) is 74.1 cm³/mol. The van der Waals surface area contributed by atoms with Gasteiger partial charge in [-0.15, -0.1) is 0 Å². The van der Waals surface area contributed by atoms with Crippen LogP contribution in [-0.2, 0) is 10.0 Å². The van der Waals surface area contributed by atoms with E-state index in [2.05, 4.69) is 20.7 Å². The molecule has 0 fully saturated rings. The Balaban J connectivity index is 2.92. The number of hydrogen-bond donors (Lipinski definition) is 1. The van der Waals surface area contributed by atoms with E-state index in [1.165, 1.54) is 12.1 Å². The van der Waals surface area contributed by atoms with Crippen LogP contribution in [0, 0.1) is 19.7 Å². The van der Waals surface area contributed by atoms with Gasteiger partial charge in [-0.25, -0.2) is 17.5 Å². The Kier molecular flexibility index (Phi) is 5.75. The van der Waals surface area contributed by atoms with E-state index in [0.717, 1.165) is 18.2 Å². The van der Waals surface area contributed by atoms with Crippen molar-refractivity contribution in [2.75, 3.05) is 11.9 Å². The lowest BCUT2D eigenvalue weighted by Crippen LogP contribution is -2.26. The number of benzene rings is 1. The van der Waals surface area contributed by atoms with Crippen molar-refractivity contribution in [3.8, 4) is 0 Å². The van der Waals surface area contributed by atoms with Crippen molar-refractivity contribution in [3.63, 3.8) is 0 Å². The highest BCUT2D eigenvalue weighted by molar-refractivity contribution is 9.09. The van der Waals surface area contributed by atoms with Crippen LogP contribution in [0.4, 0.5) is 4.39 Å². The summed E-state index contributed by atoms with van der Waals surface area (Å²) in [5, 5.41) is 0.851. The zero-order valence-electron chi connectivity index (χ0n) is 10.5. The molecule has 0 atom stereocenters. The van der Waals surface area contributed by atoms with E-state index in [9.17, 15) is 12.8 Å². The van der Waals surface area contributed by atoms with E-state index >= 15 is 0 Å². The van der Waals surface area contributed by atoms with Crippen LogP contribution in [0.3, 0.4) is 0 Å². The van der Waals surface area contributed by atoms with Crippen molar-refractivity contribution in [1.29, 1.82) is 0 Å². The summed E-state index contributed by atoms with van der Waals surface area (Å²) in [6.45, 7) is 3.59. The van der Waals surface area contributed by atoms with Gasteiger partial charge in [0.1, 0.15) is 5.82 Å². The smallest absolute Gasteiger partial charge is 0.211 e. The van der Waals surface area contributed by atoms with Crippen LogP contribution in [0.25, 0.3) is 0 Å². The first-order chi connectivity index (χ1) is 8.38. The minimum Gasteiger partial charge on any atom is -0.211 e. The summed E-state index contributed by atoms with van der Waals surface area (Å²) in [6, 6.07) is 2.47. The van der Waals surface area contributed by atoms with Crippen molar-refractivity contribution in [2.24, 2.45) is 0 Å². The Morgan fingerprint density at radius 1 is 1.22 bits per heavy atom. The fraction of sp³-hybridized carbons (Fsp3) is 0.500. The lowest BCUT2D eigenvalue weighted by Gasteiger charge is -2.12. The number of sulfonamides is 1. The Morgan fingerprint density at radius 3 is 2.28 bits per heavy atom. The number of aryl methyl sites for hydroxylation is 2. The first kappa shape index (κ1) is 15.6. The van der Waals surface area contributed by atoms with Gasteiger partial charge in [-0.1, -0.05) is 15.9 Å². The van der Waals surface area contributed by atoms with E-state index in [4.69, 9.17) is 0 Å². The van der Waals surface area contributed by atoms with Crippen molar-refractivity contribution in [2.45, 2.75) is 31.6 Å². The maximum absolute atomic E-state index is 13.1. The molecule has 1 aromatic rings. The fourth-order valence-corrected chi connectivity index (χ4v) is 3.74. The van der Waals surface area contributed by atoms with Gasteiger partial charge in [0.15, 0.2) is 0 Å². The van der Waals surface area contributed by atoms with Crippen LogP contribution in [0.5, 0.6) is 0 Å². The molecule has 1 aromatic carbocycles. The summed E-state index contributed by atoms with van der Waals surface area (Å²) >= 11 is 3.29. The summed E-state index contributed by atoms with van der Waals surface area (Å²) in [5.41, 5.74) is 0.862. The Hall–Kier alpha value is -0.460. The van der Waals surface area contributed by atoms with Crippen LogP contribution in [0.15, 0.2) is 17.0 Å². The molecule has 0 unspecified atom stereocenters. The highest BCUT2D eigenvalue weighted by Gasteiger charge is 2.19. The zero-order chi connectivity index (χ0) is 13.8. The second-order valence-electron chi connectivity index (χ2n) is 4.16. The lowest BCUT2D eigenvalue weighted by molar-refractivity contribution is 0.576. The molecule has 0 aliphatic heterocycles. The molecule has 0 amide bonds. The molecule has 3 nitrogen and oxygen atoms in total. The van der Waals surface area contributed by atoms with Gasteiger partial charge in [-0.05, 0) is 49.9 Å². The molecular weight excluding hydrogens is 321 g/mol. The van der Waals surface area contributed by atoms with Gasteiger partial charge in [0.25, 0.3) is 0 Å². The van der Waals surface area contributed by atoms with Gasteiger partial charge in [-0.3, -0.25) is 0 Å². The molecule has 1 rings (SSSR count). The second-order valence-corrected chi connectivity index (χ2v) is 6.66. The maximum atomic E-state index is 13.1. The molecule has 102 valence electrons. The number of hydrogen-bond acceptors (Lipinski definition) is 2. The van der Waals surface area contributed by atoms with Crippen molar-refractivity contribution >= 4 is 26.0 Å². The fourth-order valence-electron chi connectivity index (χ4n) is 1.82. The average Bonchev–Trinajstić information content (AvgIpc) is 2.22. The number of alkyl halides is 1. The van der Waals surface area contributed by atoms with E-state index in [-0.39, 0.29) is 4.90 Å². The first-order valence-electron chi connectivity index (χ1n) is 5.71. The standard InChI is InChI=1S/C12H17BrFNO2S/c1-9-7-11(14)8-10(2)12(9)18(16,17)15-6-4-3-5-13/h7-8,15H,3-6H2,1-2H3. The third-order valence-corrected chi connectivity index (χ3v) is 4.87. The molecule has 0 radical (unpaired) electrons. The molecular formula is C12H17BrFNO2S. The SMILES string of the molecule is Cc1cc(F)cc(C)c1S(=O)(=O)NCCCCBr. The zero-order valence-corrected chi connectivity index (χ0v) is 12.9. The Morgan fingerprint density at radius 2 is 1.78 bits per heavy atom. The summed E-state index contributed by atoms with van der Waals surface area (Å²) < 4.78 is 39.9. The number of halogens is 2. The molecule has 0 aliphatic carbocycles. The molecule has 6 heteroatoms. The lowest BCUT2D eigenvalue weighted by atomic mass is 10.1. The minimum atomic E-state index is -3.55. The van der Waals surface area contributed by atoms with Gasteiger partial charge in [0, 0.05) is 11.9 Å². The van der Waals surface area contributed by atoms with Crippen molar-refractivity contribution in [1.82, 2.24) is 4.72 Å². The van der Waals surface area contributed by atoms with Gasteiger partial charge in [0.05, 0.1) is 4.90 Å². The van der Waals surface area contributed by atoms with E-state index < -0.39 is 15.8 Å². The molecule has 18 heavy (non-hydrogen) atoms. The molecule has 0 spiro atoms. The third kappa shape index (κ3) is 4.03. The Bertz CT molecular complexity index is 494. The normalized spacial score (nSPS) is 11.8. The first-order valence-corrected chi connectivity index (χ1v) is 8.31. The van der Waals surface area contributed by atoms with Crippen LogP contribution < -0.4 is 4.72 Å². The largest absolute Gasteiger partial charge is 0.241 e. The van der Waals surface area contributed by atoms with Gasteiger partial charge in [0.2, 0.25) is 10.0 Å². The average molecular weight is 338 g/mol. The molecule has 0 bridgehead atoms. The molecule has 0 heterocycles. The van der Waals surface area contributed by atoms with Crippen molar-refractivity contribution < 1.29 is 12.8 Å². The van der Waals surface area contributed by atoms with E-state index in [0.29, 0.717) is 17.7 Å². The topological polar surface area (TPSA) is 46.2 Å². The maximum Gasteiger partial charge on any atom is 0.241 e. The highest BCUT2D eigenvalue weighted by atomic mass is 79.9. The number of unbranched alkanes of at least 4 members (excludes halogenated alkanes) is 1. The molecule has 0 aromatic heterocycles. The summed E-state index contributed by atoms with van der Waals surface area (Å²) in [7, 11) is -3.55. The molecule has 1 N–H and O–H groups in total.